The number of carbonyl (C=O) groups excluding carboxylic acids is 1. The van der Waals surface area contributed by atoms with E-state index in [1.165, 1.54) is 5.56 Å². The van der Waals surface area contributed by atoms with E-state index in [0.717, 1.165) is 11.4 Å². The Morgan fingerprint density at radius 3 is 2.34 bits per heavy atom. The normalized spacial score (nSPS) is 15.1. The number of likely N-dealkylation sites (tertiary alicyclic amines) is 1. The van der Waals surface area contributed by atoms with Crippen molar-refractivity contribution in [1.82, 2.24) is 19.4 Å². The second kappa shape index (κ2) is 9.26. The molecule has 0 spiro atoms. The SMILES string of the molecule is CCc1c(C(=O)N2CCC(NS(=O)(=O)c3ccccc3)CC2)cnn1-c1ccc(C)cc1. The van der Waals surface area contributed by atoms with Gasteiger partial charge in [-0.15, -0.1) is 0 Å². The Hall–Kier alpha value is -2.97. The van der Waals surface area contributed by atoms with Crippen molar-refractivity contribution in [2.45, 2.75) is 44.0 Å². The lowest BCUT2D eigenvalue weighted by Gasteiger charge is -2.32. The predicted molar refractivity (Wildman–Crippen MR) is 123 cm³/mol. The van der Waals surface area contributed by atoms with Gasteiger partial charge in [0.15, 0.2) is 0 Å². The molecule has 1 saturated heterocycles. The number of nitrogens with zero attached hydrogens (tertiary/aromatic N) is 3. The number of aryl methyl sites for hydroxylation is 1. The third kappa shape index (κ3) is 4.61. The molecule has 1 amide bonds. The minimum Gasteiger partial charge on any atom is -0.338 e. The number of aromatic nitrogens is 2. The summed E-state index contributed by atoms with van der Waals surface area (Å²) >= 11 is 0. The van der Waals surface area contributed by atoms with Gasteiger partial charge in [-0.05, 0) is 50.5 Å². The molecule has 0 bridgehead atoms. The number of rotatable bonds is 6. The number of hydrogen-bond donors (Lipinski definition) is 1. The molecule has 1 aromatic heterocycles. The van der Waals surface area contributed by atoms with Crippen molar-refractivity contribution < 1.29 is 13.2 Å². The molecule has 0 unspecified atom stereocenters. The van der Waals surface area contributed by atoms with Crippen LogP contribution >= 0.6 is 0 Å². The quantitative estimate of drug-likeness (QED) is 0.622. The first kappa shape index (κ1) is 22.2. The number of amides is 1. The first-order chi connectivity index (χ1) is 15.4. The molecule has 0 aliphatic carbocycles. The molecule has 2 aromatic carbocycles. The topological polar surface area (TPSA) is 84.3 Å². The Kier molecular flexibility index (Phi) is 6.43. The summed E-state index contributed by atoms with van der Waals surface area (Å²) in [6.45, 7) is 5.05. The minimum atomic E-state index is -3.56. The molecule has 2 heterocycles. The highest BCUT2D eigenvalue weighted by atomic mass is 32.2. The zero-order chi connectivity index (χ0) is 22.7. The molecule has 0 atom stereocenters. The summed E-state index contributed by atoms with van der Waals surface area (Å²) in [5.41, 5.74) is 3.59. The van der Waals surface area contributed by atoms with E-state index in [-0.39, 0.29) is 16.8 Å². The average Bonchev–Trinajstić information content (AvgIpc) is 3.24. The van der Waals surface area contributed by atoms with Gasteiger partial charge in [-0.1, -0.05) is 42.8 Å². The Morgan fingerprint density at radius 2 is 1.72 bits per heavy atom. The van der Waals surface area contributed by atoms with Crippen molar-refractivity contribution in [3.63, 3.8) is 0 Å². The monoisotopic (exact) mass is 452 g/mol. The third-order valence-corrected chi connectivity index (χ3v) is 7.41. The van der Waals surface area contributed by atoms with Crippen LogP contribution in [-0.4, -0.2) is 48.1 Å². The molecule has 1 aliphatic rings. The Labute approximate surface area is 189 Å². The van der Waals surface area contributed by atoms with E-state index in [1.807, 2.05) is 42.8 Å². The van der Waals surface area contributed by atoms with Crippen LogP contribution in [0.25, 0.3) is 5.69 Å². The van der Waals surface area contributed by atoms with Crippen molar-refractivity contribution in [1.29, 1.82) is 0 Å². The lowest BCUT2D eigenvalue weighted by atomic mass is 10.0. The van der Waals surface area contributed by atoms with E-state index in [9.17, 15) is 13.2 Å². The lowest BCUT2D eigenvalue weighted by Crippen LogP contribution is -2.46. The summed E-state index contributed by atoms with van der Waals surface area (Å²) in [4.78, 5) is 15.3. The van der Waals surface area contributed by atoms with Crippen LogP contribution in [0.1, 0.15) is 41.4 Å². The van der Waals surface area contributed by atoms with Gasteiger partial charge in [-0.25, -0.2) is 17.8 Å². The Morgan fingerprint density at radius 1 is 1.06 bits per heavy atom. The Balaban J connectivity index is 1.43. The van der Waals surface area contributed by atoms with Gasteiger partial charge < -0.3 is 4.90 Å². The molecule has 8 heteroatoms. The zero-order valence-electron chi connectivity index (χ0n) is 18.4. The van der Waals surface area contributed by atoms with Gasteiger partial charge >= 0.3 is 0 Å². The number of hydrogen-bond acceptors (Lipinski definition) is 4. The highest BCUT2D eigenvalue weighted by molar-refractivity contribution is 7.89. The number of nitrogens with one attached hydrogen (secondary N) is 1. The van der Waals surface area contributed by atoms with Gasteiger partial charge in [0.25, 0.3) is 5.91 Å². The number of piperidine rings is 1. The summed E-state index contributed by atoms with van der Waals surface area (Å²) in [6.07, 6.45) is 3.48. The van der Waals surface area contributed by atoms with E-state index in [0.29, 0.717) is 37.9 Å². The van der Waals surface area contributed by atoms with Crippen LogP contribution in [0.15, 0.2) is 65.7 Å². The van der Waals surface area contributed by atoms with Crippen LogP contribution in [0.5, 0.6) is 0 Å². The van der Waals surface area contributed by atoms with Gasteiger partial charge in [-0.2, -0.15) is 5.10 Å². The average molecular weight is 453 g/mol. The van der Waals surface area contributed by atoms with Crippen molar-refractivity contribution in [3.8, 4) is 5.69 Å². The van der Waals surface area contributed by atoms with Crippen LogP contribution in [0.3, 0.4) is 0 Å². The van der Waals surface area contributed by atoms with Gasteiger partial charge in [-0.3, -0.25) is 4.79 Å². The molecule has 3 aromatic rings. The second-order valence-electron chi connectivity index (χ2n) is 8.11. The maximum Gasteiger partial charge on any atom is 0.257 e. The van der Waals surface area contributed by atoms with Crippen LogP contribution in [0.2, 0.25) is 0 Å². The van der Waals surface area contributed by atoms with Crippen molar-refractivity contribution in [2.24, 2.45) is 0 Å². The number of carbonyl (C=O) groups is 1. The van der Waals surface area contributed by atoms with Crippen LogP contribution < -0.4 is 4.72 Å². The fourth-order valence-electron chi connectivity index (χ4n) is 4.06. The standard InChI is InChI=1S/C24H28N4O3S/c1-3-23-22(17-25-28(23)20-11-9-18(2)10-12-20)24(29)27-15-13-19(14-16-27)26-32(30,31)21-7-5-4-6-8-21/h4-12,17,19,26H,3,13-16H2,1-2H3. The first-order valence-corrected chi connectivity index (χ1v) is 12.4. The van der Waals surface area contributed by atoms with Crippen molar-refractivity contribution in [3.05, 3.63) is 77.6 Å². The van der Waals surface area contributed by atoms with E-state index in [2.05, 4.69) is 9.82 Å². The molecule has 0 radical (unpaired) electrons. The van der Waals surface area contributed by atoms with Crippen molar-refractivity contribution >= 4 is 15.9 Å². The predicted octanol–water partition coefficient (Wildman–Crippen LogP) is 3.33. The van der Waals surface area contributed by atoms with E-state index in [4.69, 9.17) is 0 Å². The summed E-state index contributed by atoms with van der Waals surface area (Å²) < 4.78 is 29.8. The van der Waals surface area contributed by atoms with Gasteiger partial charge in [0, 0.05) is 19.1 Å². The van der Waals surface area contributed by atoms with Crippen LogP contribution in [0.4, 0.5) is 0 Å². The van der Waals surface area contributed by atoms with Crippen LogP contribution in [-0.2, 0) is 16.4 Å². The fourth-order valence-corrected chi connectivity index (χ4v) is 5.39. The summed E-state index contributed by atoms with van der Waals surface area (Å²) in [5.74, 6) is -0.0513. The van der Waals surface area contributed by atoms with E-state index < -0.39 is 10.0 Å². The molecule has 1 N–H and O–H groups in total. The highest BCUT2D eigenvalue weighted by Gasteiger charge is 2.29. The van der Waals surface area contributed by atoms with E-state index >= 15 is 0 Å². The van der Waals surface area contributed by atoms with Gasteiger partial charge in [0.1, 0.15) is 0 Å². The fraction of sp³-hybridized carbons (Fsp3) is 0.333. The van der Waals surface area contributed by atoms with Gasteiger partial charge in [0.05, 0.1) is 28.0 Å². The van der Waals surface area contributed by atoms with Gasteiger partial charge in [0.2, 0.25) is 10.0 Å². The molecule has 32 heavy (non-hydrogen) atoms. The smallest absolute Gasteiger partial charge is 0.257 e. The number of benzene rings is 2. The van der Waals surface area contributed by atoms with Crippen LogP contribution in [0, 0.1) is 6.92 Å². The maximum absolute atomic E-state index is 13.2. The molecule has 168 valence electrons. The molecule has 0 saturated carbocycles. The third-order valence-electron chi connectivity index (χ3n) is 5.87. The molecular weight excluding hydrogens is 424 g/mol. The highest BCUT2D eigenvalue weighted by Crippen LogP contribution is 2.21. The lowest BCUT2D eigenvalue weighted by molar-refractivity contribution is 0.0710. The first-order valence-electron chi connectivity index (χ1n) is 10.9. The zero-order valence-corrected chi connectivity index (χ0v) is 19.2. The maximum atomic E-state index is 13.2. The number of sulfonamides is 1. The van der Waals surface area contributed by atoms with E-state index in [1.54, 1.807) is 41.4 Å². The Bertz CT molecular complexity index is 1180. The molecule has 4 rings (SSSR count). The summed E-state index contributed by atoms with van der Waals surface area (Å²) in [5, 5.41) is 4.48. The molecule has 1 aliphatic heterocycles. The van der Waals surface area contributed by atoms with Crippen molar-refractivity contribution in [2.75, 3.05) is 13.1 Å². The summed E-state index contributed by atoms with van der Waals surface area (Å²) in [6, 6.07) is 16.2. The molecule has 7 nitrogen and oxygen atoms in total. The largest absolute Gasteiger partial charge is 0.338 e. The second-order valence-corrected chi connectivity index (χ2v) is 9.82. The minimum absolute atomic E-state index is 0.0513. The molecular formula is C24H28N4O3S. The molecule has 1 fully saturated rings. The summed E-state index contributed by atoms with van der Waals surface area (Å²) in [7, 11) is -3.56.